The number of aromatic amines is 2. The average Bonchev–Trinajstić information content (AvgIpc) is 3.09. The van der Waals surface area contributed by atoms with Crippen LogP contribution in [-0.4, -0.2) is 25.1 Å². The summed E-state index contributed by atoms with van der Waals surface area (Å²) in [5.41, 5.74) is 3.06. The lowest BCUT2D eigenvalue weighted by molar-refractivity contribution is 0.102. The van der Waals surface area contributed by atoms with Gasteiger partial charge in [-0.05, 0) is 29.3 Å². The van der Waals surface area contributed by atoms with Gasteiger partial charge in [0.1, 0.15) is 0 Å². The molecule has 29 heavy (non-hydrogen) atoms. The van der Waals surface area contributed by atoms with Crippen LogP contribution in [-0.2, 0) is 22.3 Å². The number of hydrogen-bond acceptors (Lipinski definition) is 4. The molecule has 0 saturated heterocycles. The van der Waals surface area contributed by atoms with Crippen molar-refractivity contribution in [2.45, 2.75) is 11.5 Å². The quantitative estimate of drug-likeness (QED) is 0.457. The summed E-state index contributed by atoms with van der Waals surface area (Å²) in [7, 11) is -1.06. The van der Waals surface area contributed by atoms with Crippen molar-refractivity contribution >= 4 is 33.6 Å². The van der Waals surface area contributed by atoms with E-state index in [1.54, 1.807) is 18.2 Å². The van der Waals surface area contributed by atoms with Gasteiger partial charge in [-0.15, -0.1) is 0 Å². The molecule has 0 fully saturated rings. The number of nitrogens with one attached hydrogen (secondary N) is 3. The molecule has 7 nitrogen and oxygen atoms in total. The first kappa shape index (κ1) is 18.8. The van der Waals surface area contributed by atoms with Gasteiger partial charge in [0.2, 0.25) is 0 Å². The zero-order valence-electron chi connectivity index (χ0n) is 15.3. The van der Waals surface area contributed by atoms with Gasteiger partial charge < -0.3 is 10.3 Å². The average molecular weight is 406 g/mol. The Balaban J connectivity index is 1.48. The minimum atomic E-state index is -1.06. The Morgan fingerprint density at radius 1 is 0.966 bits per heavy atom. The zero-order valence-corrected chi connectivity index (χ0v) is 16.2. The number of amides is 1. The lowest BCUT2D eigenvalue weighted by Crippen LogP contribution is -2.13. The number of carbonyl (C=O) groups excluding carboxylic acids is 1. The monoisotopic (exact) mass is 406 g/mol. The van der Waals surface area contributed by atoms with Crippen LogP contribution in [0.25, 0.3) is 11.2 Å². The van der Waals surface area contributed by atoms with Crippen LogP contribution in [0, 0.1) is 0 Å². The lowest BCUT2D eigenvalue weighted by atomic mass is 10.2. The van der Waals surface area contributed by atoms with E-state index in [0.717, 1.165) is 11.1 Å². The summed E-state index contributed by atoms with van der Waals surface area (Å²) >= 11 is 0. The molecule has 3 N–H and O–H groups in total. The Hall–Kier alpha value is -3.52. The molecule has 146 valence electrons. The number of fused-ring (bicyclic) bond motifs is 1. The van der Waals surface area contributed by atoms with E-state index in [1.165, 1.54) is 6.20 Å². The SMILES string of the molecule is O=C(Nc1cccc(CS(=O)Cc2ccccc2)c1)c1ccnc2[nH]c(=O)[nH]c12. The predicted octanol–water partition coefficient (Wildman–Crippen LogP) is 2.95. The third kappa shape index (κ3) is 4.49. The predicted molar refractivity (Wildman–Crippen MR) is 113 cm³/mol. The molecule has 4 aromatic rings. The number of H-pyrrole nitrogens is 2. The molecular formula is C21H18N4O3S. The number of benzene rings is 2. The zero-order chi connectivity index (χ0) is 20.2. The summed E-state index contributed by atoms with van der Waals surface area (Å²) in [6.45, 7) is 0. The van der Waals surface area contributed by atoms with Gasteiger partial charge in [0.05, 0.1) is 11.1 Å². The largest absolute Gasteiger partial charge is 0.325 e. The van der Waals surface area contributed by atoms with Crippen molar-refractivity contribution in [3.05, 3.63) is 94.0 Å². The smallest absolute Gasteiger partial charge is 0.322 e. The van der Waals surface area contributed by atoms with Crippen LogP contribution in [0.5, 0.6) is 0 Å². The maximum atomic E-state index is 12.7. The minimum absolute atomic E-state index is 0.311. The summed E-state index contributed by atoms with van der Waals surface area (Å²) in [4.78, 5) is 33.3. The highest BCUT2D eigenvalue weighted by Gasteiger charge is 2.13. The van der Waals surface area contributed by atoms with Gasteiger partial charge in [0, 0.05) is 34.2 Å². The van der Waals surface area contributed by atoms with Crippen LogP contribution in [0.2, 0.25) is 0 Å². The molecule has 0 spiro atoms. The third-order valence-electron chi connectivity index (χ3n) is 4.35. The van der Waals surface area contributed by atoms with E-state index >= 15 is 0 Å². The molecule has 1 atom stereocenters. The molecule has 4 rings (SSSR count). The number of aromatic nitrogens is 3. The summed E-state index contributed by atoms with van der Waals surface area (Å²) < 4.78 is 12.5. The molecule has 0 aliphatic carbocycles. The summed E-state index contributed by atoms with van der Waals surface area (Å²) in [6.07, 6.45) is 1.46. The number of nitrogens with zero attached hydrogens (tertiary/aromatic N) is 1. The van der Waals surface area contributed by atoms with Gasteiger partial charge in [-0.1, -0.05) is 42.5 Å². The van der Waals surface area contributed by atoms with Gasteiger partial charge in [-0.2, -0.15) is 0 Å². The lowest BCUT2D eigenvalue weighted by Gasteiger charge is -2.08. The molecule has 2 heterocycles. The second-order valence-corrected chi connectivity index (χ2v) is 7.99. The minimum Gasteiger partial charge on any atom is -0.322 e. The molecule has 1 unspecified atom stereocenters. The van der Waals surface area contributed by atoms with Crippen molar-refractivity contribution in [3.8, 4) is 0 Å². The molecule has 0 bridgehead atoms. The van der Waals surface area contributed by atoms with E-state index in [0.29, 0.717) is 33.9 Å². The highest BCUT2D eigenvalue weighted by Crippen LogP contribution is 2.17. The number of hydrogen-bond donors (Lipinski definition) is 3. The first-order valence-corrected chi connectivity index (χ1v) is 10.4. The van der Waals surface area contributed by atoms with Crippen LogP contribution in [0.15, 0.2) is 71.7 Å². The molecule has 2 aromatic carbocycles. The van der Waals surface area contributed by atoms with E-state index in [-0.39, 0.29) is 5.91 Å². The summed E-state index contributed by atoms with van der Waals surface area (Å²) in [5.74, 6) is 0.506. The van der Waals surface area contributed by atoms with Gasteiger partial charge in [-0.3, -0.25) is 14.0 Å². The number of imidazole rings is 1. The second-order valence-electron chi connectivity index (χ2n) is 6.53. The highest BCUT2D eigenvalue weighted by atomic mass is 32.2. The van der Waals surface area contributed by atoms with E-state index in [9.17, 15) is 13.8 Å². The molecule has 0 aliphatic heterocycles. The van der Waals surface area contributed by atoms with Crippen LogP contribution in [0.1, 0.15) is 21.5 Å². The first-order chi connectivity index (χ1) is 14.1. The van der Waals surface area contributed by atoms with Crippen molar-refractivity contribution in [3.63, 3.8) is 0 Å². The Labute approximate surface area is 168 Å². The van der Waals surface area contributed by atoms with Crippen molar-refractivity contribution < 1.29 is 9.00 Å². The van der Waals surface area contributed by atoms with E-state index in [1.807, 2.05) is 42.5 Å². The van der Waals surface area contributed by atoms with Gasteiger partial charge >= 0.3 is 5.69 Å². The van der Waals surface area contributed by atoms with E-state index < -0.39 is 16.5 Å². The normalized spacial score (nSPS) is 12.0. The molecule has 0 saturated carbocycles. The van der Waals surface area contributed by atoms with Gasteiger partial charge in [-0.25, -0.2) is 9.78 Å². The number of anilines is 1. The fourth-order valence-electron chi connectivity index (χ4n) is 3.06. The standard InChI is InChI=1S/C21H18N4O3S/c26-20(17-9-10-22-19-18(17)24-21(27)25-19)23-16-8-4-7-15(11-16)13-29(28)12-14-5-2-1-3-6-14/h1-11H,12-13H2,(H,23,26)(H2,22,24,25,27). The fraction of sp³-hybridized carbons (Fsp3) is 0.0952. The molecule has 1 amide bonds. The van der Waals surface area contributed by atoms with Crippen LogP contribution >= 0.6 is 0 Å². The molecule has 8 heteroatoms. The van der Waals surface area contributed by atoms with Gasteiger partial charge in [0.25, 0.3) is 5.91 Å². The third-order valence-corrected chi connectivity index (χ3v) is 5.66. The highest BCUT2D eigenvalue weighted by molar-refractivity contribution is 7.83. The molecule has 0 radical (unpaired) electrons. The fourth-order valence-corrected chi connectivity index (χ4v) is 4.28. The van der Waals surface area contributed by atoms with Crippen molar-refractivity contribution in [1.82, 2.24) is 15.0 Å². The van der Waals surface area contributed by atoms with Crippen molar-refractivity contribution in [1.29, 1.82) is 0 Å². The Morgan fingerprint density at radius 3 is 2.55 bits per heavy atom. The summed E-state index contributed by atoms with van der Waals surface area (Å²) in [6, 6.07) is 18.5. The van der Waals surface area contributed by atoms with Gasteiger partial charge in [0.15, 0.2) is 5.65 Å². The van der Waals surface area contributed by atoms with Crippen molar-refractivity contribution in [2.75, 3.05) is 5.32 Å². The van der Waals surface area contributed by atoms with E-state index in [4.69, 9.17) is 0 Å². The van der Waals surface area contributed by atoms with Crippen LogP contribution in [0.4, 0.5) is 5.69 Å². The summed E-state index contributed by atoms with van der Waals surface area (Å²) in [5, 5.41) is 2.82. The Kier molecular flexibility index (Phi) is 5.35. The maximum Gasteiger partial charge on any atom is 0.325 e. The maximum absolute atomic E-state index is 12.7. The molecular weight excluding hydrogens is 388 g/mol. The molecule has 0 aliphatic rings. The topological polar surface area (TPSA) is 108 Å². The number of carbonyl (C=O) groups is 1. The second kappa shape index (κ2) is 8.24. The van der Waals surface area contributed by atoms with E-state index in [2.05, 4.69) is 20.3 Å². The Morgan fingerprint density at radius 2 is 1.72 bits per heavy atom. The van der Waals surface area contributed by atoms with Crippen LogP contribution in [0.3, 0.4) is 0 Å². The Bertz CT molecular complexity index is 1250. The number of rotatable bonds is 6. The first-order valence-electron chi connectivity index (χ1n) is 8.95. The number of pyridine rings is 1. The van der Waals surface area contributed by atoms with Crippen LogP contribution < -0.4 is 11.0 Å². The molecule has 2 aromatic heterocycles. The van der Waals surface area contributed by atoms with Crippen molar-refractivity contribution in [2.24, 2.45) is 0 Å².